The van der Waals surface area contributed by atoms with Crippen LogP contribution in [0, 0.1) is 5.92 Å². The standard InChI is InChI=1S/C11H21NO2/c1-12-6-2-3-11(13)9-10-4-7-14-8-5-10/h10,12H,2-9H2,1H3. The molecule has 0 spiro atoms. The zero-order chi connectivity index (χ0) is 10.2. The predicted octanol–water partition coefficient (Wildman–Crippen LogP) is 1.37. The molecule has 3 heteroatoms. The van der Waals surface area contributed by atoms with Gasteiger partial charge in [-0.3, -0.25) is 4.79 Å². The van der Waals surface area contributed by atoms with Gasteiger partial charge < -0.3 is 10.1 Å². The molecule has 14 heavy (non-hydrogen) atoms. The second-order valence-electron chi connectivity index (χ2n) is 4.01. The summed E-state index contributed by atoms with van der Waals surface area (Å²) in [7, 11) is 1.92. The largest absolute Gasteiger partial charge is 0.381 e. The molecule has 0 radical (unpaired) electrons. The lowest BCUT2D eigenvalue weighted by atomic mass is 9.93. The van der Waals surface area contributed by atoms with Crippen LogP contribution in [-0.2, 0) is 9.53 Å². The van der Waals surface area contributed by atoms with Gasteiger partial charge in [-0.25, -0.2) is 0 Å². The van der Waals surface area contributed by atoms with Crippen LogP contribution in [0.1, 0.15) is 32.1 Å². The van der Waals surface area contributed by atoms with E-state index in [1.807, 2.05) is 7.05 Å². The van der Waals surface area contributed by atoms with Gasteiger partial charge in [0.25, 0.3) is 0 Å². The lowest BCUT2D eigenvalue weighted by Crippen LogP contribution is -2.19. The zero-order valence-corrected chi connectivity index (χ0v) is 9.05. The molecule has 1 rings (SSSR count). The van der Waals surface area contributed by atoms with Gasteiger partial charge in [0.1, 0.15) is 5.78 Å². The molecule has 0 unspecified atom stereocenters. The number of carbonyl (C=O) groups excluding carboxylic acids is 1. The van der Waals surface area contributed by atoms with Gasteiger partial charge in [-0.2, -0.15) is 0 Å². The van der Waals surface area contributed by atoms with Crippen LogP contribution in [-0.4, -0.2) is 32.6 Å². The highest BCUT2D eigenvalue weighted by Gasteiger charge is 2.16. The van der Waals surface area contributed by atoms with Crippen molar-refractivity contribution in [3.05, 3.63) is 0 Å². The highest BCUT2D eigenvalue weighted by Crippen LogP contribution is 2.19. The van der Waals surface area contributed by atoms with Gasteiger partial charge in [-0.15, -0.1) is 0 Å². The molecule has 0 aromatic rings. The molecule has 1 saturated heterocycles. The second kappa shape index (κ2) is 6.96. The van der Waals surface area contributed by atoms with Crippen molar-refractivity contribution in [1.29, 1.82) is 0 Å². The number of rotatable bonds is 6. The Morgan fingerprint density at radius 1 is 1.43 bits per heavy atom. The number of nitrogens with one attached hydrogen (secondary N) is 1. The van der Waals surface area contributed by atoms with Crippen molar-refractivity contribution >= 4 is 5.78 Å². The molecule has 0 atom stereocenters. The van der Waals surface area contributed by atoms with Crippen molar-refractivity contribution in [2.24, 2.45) is 5.92 Å². The third-order valence-corrected chi connectivity index (χ3v) is 2.74. The minimum Gasteiger partial charge on any atom is -0.381 e. The number of hydrogen-bond donors (Lipinski definition) is 1. The SMILES string of the molecule is CNCCCC(=O)CC1CCOCC1. The van der Waals surface area contributed by atoms with Gasteiger partial charge in [0.05, 0.1) is 0 Å². The Balaban J connectivity index is 2.06. The Morgan fingerprint density at radius 2 is 2.14 bits per heavy atom. The van der Waals surface area contributed by atoms with E-state index in [1.54, 1.807) is 0 Å². The van der Waals surface area contributed by atoms with Crippen LogP contribution < -0.4 is 5.32 Å². The first-order chi connectivity index (χ1) is 6.83. The highest BCUT2D eigenvalue weighted by molar-refractivity contribution is 5.78. The summed E-state index contributed by atoms with van der Waals surface area (Å²) in [5, 5.41) is 3.05. The van der Waals surface area contributed by atoms with Crippen molar-refractivity contribution < 1.29 is 9.53 Å². The number of hydrogen-bond acceptors (Lipinski definition) is 3. The van der Waals surface area contributed by atoms with Crippen molar-refractivity contribution in [1.82, 2.24) is 5.32 Å². The summed E-state index contributed by atoms with van der Waals surface area (Å²) in [6.45, 7) is 2.63. The van der Waals surface area contributed by atoms with Gasteiger partial charge in [0.15, 0.2) is 0 Å². The zero-order valence-electron chi connectivity index (χ0n) is 9.05. The van der Waals surface area contributed by atoms with E-state index < -0.39 is 0 Å². The van der Waals surface area contributed by atoms with Crippen LogP contribution in [0.15, 0.2) is 0 Å². The van der Waals surface area contributed by atoms with Crippen LogP contribution in [0.3, 0.4) is 0 Å². The minimum atomic E-state index is 0.423. The first-order valence-corrected chi connectivity index (χ1v) is 5.57. The average molecular weight is 199 g/mol. The monoisotopic (exact) mass is 199 g/mol. The van der Waals surface area contributed by atoms with Crippen molar-refractivity contribution in [2.75, 3.05) is 26.8 Å². The fraction of sp³-hybridized carbons (Fsp3) is 0.909. The van der Waals surface area contributed by atoms with E-state index in [2.05, 4.69) is 5.32 Å². The van der Waals surface area contributed by atoms with E-state index in [1.165, 1.54) is 0 Å². The third-order valence-electron chi connectivity index (χ3n) is 2.74. The fourth-order valence-corrected chi connectivity index (χ4v) is 1.84. The van der Waals surface area contributed by atoms with Crippen LogP contribution in [0.2, 0.25) is 0 Å². The Kier molecular flexibility index (Phi) is 5.80. The molecule has 0 aromatic carbocycles. The molecule has 1 heterocycles. The molecule has 0 aliphatic carbocycles. The molecule has 0 amide bonds. The fourth-order valence-electron chi connectivity index (χ4n) is 1.84. The number of ether oxygens (including phenoxy) is 1. The summed E-state index contributed by atoms with van der Waals surface area (Å²) in [6.07, 6.45) is 4.61. The van der Waals surface area contributed by atoms with Crippen LogP contribution >= 0.6 is 0 Å². The molecule has 3 nitrogen and oxygen atoms in total. The lowest BCUT2D eigenvalue weighted by molar-refractivity contribution is -0.120. The van der Waals surface area contributed by atoms with Crippen molar-refractivity contribution in [3.8, 4) is 0 Å². The summed E-state index contributed by atoms with van der Waals surface area (Å²) in [5.74, 6) is 1.01. The first-order valence-electron chi connectivity index (χ1n) is 5.57. The molecule has 1 fully saturated rings. The average Bonchev–Trinajstić information content (AvgIpc) is 2.20. The molecule has 1 aliphatic rings. The number of ketones is 1. The smallest absolute Gasteiger partial charge is 0.133 e. The Bertz CT molecular complexity index is 165. The first kappa shape index (κ1) is 11.7. The molecule has 1 N–H and O–H groups in total. The normalized spacial score (nSPS) is 18.4. The lowest BCUT2D eigenvalue weighted by Gasteiger charge is -2.21. The van der Waals surface area contributed by atoms with Gasteiger partial charge >= 0.3 is 0 Å². The maximum atomic E-state index is 11.5. The van der Waals surface area contributed by atoms with Crippen molar-refractivity contribution in [3.63, 3.8) is 0 Å². The molecule has 0 saturated carbocycles. The predicted molar refractivity (Wildman–Crippen MR) is 56.3 cm³/mol. The van der Waals surface area contributed by atoms with E-state index in [0.29, 0.717) is 11.7 Å². The van der Waals surface area contributed by atoms with Crippen LogP contribution in [0.4, 0.5) is 0 Å². The molecular formula is C11H21NO2. The van der Waals surface area contributed by atoms with Crippen LogP contribution in [0.5, 0.6) is 0 Å². The quantitative estimate of drug-likeness (QED) is 0.657. The summed E-state index contributed by atoms with van der Waals surface area (Å²) in [5.41, 5.74) is 0. The Morgan fingerprint density at radius 3 is 2.79 bits per heavy atom. The van der Waals surface area contributed by atoms with Gasteiger partial charge in [0.2, 0.25) is 0 Å². The van der Waals surface area contributed by atoms with E-state index in [-0.39, 0.29) is 0 Å². The van der Waals surface area contributed by atoms with Crippen molar-refractivity contribution in [2.45, 2.75) is 32.1 Å². The van der Waals surface area contributed by atoms with E-state index >= 15 is 0 Å². The summed E-state index contributed by atoms with van der Waals surface area (Å²) < 4.78 is 5.26. The maximum Gasteiger partial charge on any atom is 0.133 e. The van der Waals surface area contributed by atoms with E-state index in [4.69, 9.17) is 4.74 Å². The summed E-state index contributed by atoms with van der Waals surface area (Å²) in [6, 6.07) is 0. The molecule has 0 aromatic heterocycles. The summed E-state index contributed by atoms with van der Waals surface area (Å²) >= 11 is 0. The molecule has 82 valence electrons. The van der Waals surface area contributed by atoms with E-state index in [0.717, 1.165) is 51.9 Å². The number of carbonyl (C=O) groups is 1. The molecular weight excluding hydrogens is 178 g/mol. The summed E-state index contributed by atoms with van der Waals surface area (Å²) in [4.78, 5) is 11.5. The third kappa shape index (κ3) is 4.72. The molecule has 0 bridgehead atoms. The maximum absolute atomic E-state index is 11.5. The van der Waals surface area contributed by atoms with Crippen LogP contribution in [0.25, 0.3) is 0 Å². The second-order valence-corrected chi connectivity index (χ2v) is 4.01. The van der Waals surface area contributed by atoms with E-state index in [9.17, 15) is 4.79 Å². The van der Waals surface area contributed by atoms with Gasteiger partial charge in [-0.1, -0.05) is 0 Å². The molecule has 1 aliphatic heterocycles. The van der Waals surface area contributed by atoms with Gasteiger partial charge in [-0.05, 0) is 38.8 Å². The highest BCUT2D eigenvalue weighted by atomic mass is 16.5. The topological polar surface area (TPSA) is 38.3 Å². The Hall–Kier alpha value is -0.410. The Labute approximate surface area is 86.2 Å². The number of Topliss-reactive ketones (excluding diaryl/α,β-unsaturated/α-hetero) is 1. The van der Waals surface area contributed by atoms with Gasteiger partial charge in [0, 0.05) is 26.1 Å². The minimum absolute atomic E-state index is 0.423.